The van der Waals surface area contributed by atoms with Crippen molar-refractivity contribution in [2.45, 2.75) is 43.0 Å². The average molecular weight is 239 g/mol. The molecule has 3 N–H and O–H groups in total. The Labute approximate surface area is 91.8 Å². The van der Waals surface area contributed by atoms with Crippen molar-refractivity contribution >= 4 is 0 Å². The second-order valence-corrected chi connectivity index (χ2v) is 5.00. The minimum absolute atomic E-state index is 0.00229. The molecule has 6 heteroatoms. The molecule has 0 aromatic rings. The second kappa shape index (κ2) is 3.58. The van der Waals surface area contributed by atoms with Gasteiger partial charge in [0.25, 0.3) is 0 Å². The van der Waals surface area contributed by atoms with Gasteiger partial charge in [-0.3, -0.25) is 0 Å². The van der Waals surface area contributed by atoms with E-state index in [0.29, 0.717) is 0 Å². The molecule has 0 aromatic carbocycles. The smallest absolute Gasteiger partial charge is 0.383 e. The summed E-state index contributed by atoms with van der Waals surface area (Å²) in [4.78, 5) is 0. The molecule has 16 heavy (non-hydrogen) atoms. The highest BCUT2D eigenvalue weighted by molar-refractivity contribution is 5.09. The minimum atomic E-state index is -4.14. The Morgan fingerprint density at radius 2 is 1.69 bits per heavy atom. The van der Waals surface area contributed by atoms with Gasteiger partial charge in [0, 0.05) is 5.54 Å². The van der Waals surface area contributed by atoms with Crippen LogP contribution in [0.1, 0.15) is 25.7 Å². The SMILES string of the molecule is NC1(C2(O)COC2)CCC(C(F)(F)F)CC1. The number of hydrogen-bond donors (Lipinski definition) is 2. The maximum absolute atomic E-state index is 12.5. The van der Waals surface area contributed by atoms with Crippen LogP contribution in [0.2, 0.25) is 0 Å². The number of ether oxygens (including phenoxy) is 1. The second-order valence-electron chi connectivity index (χ2n) is 5.00. The summed E-state index contributed by atoms with van der Waals surface area (Å²) in [5, 5.41) is 10.1. The van der Waals surface area contributed by atoms with E-state index >= 15 is 0 Å². The summed E-state index contributed by atoms with van der Waals surface area (Å²) < 4.78 is 42.3. The first-order chi connectivity index (χ1) is 7.27. The molecule has 0 unspecified atom stereocenters. The zero-order chi connectivity index (χ0) is 12.0. The summed E-state index contributed by atoms with van der Waals surface area (Å²) in [5.74, 6) is -1.27. The lowest BCUT2D eigenvalue weighted by molar-refractivity contribution is -0.233. The summed E-state index contributed by atoms with van der Waals surface area (Å²) >= 11 is 0. The van der Waals surface area contributed by atoms with Crippen molar-refractivity contribution in [1.82, 2.24) is 0 Å². The lowest BCUT2D eigenvalue weighted by Crippen LogP contribution is -2.71. The van der Waals surface area contributed by atoms with Gasteiger partial charge in [0.2, 0.25) is 0 Å². The van der Waals surface area contributed by atoms with E-state index in [1.165, 1.54) is 0 Å². The fourth-order valence-corrected chi connectivity index (χ4v) is 2.51. The summed E-state index contributed by atoms with van der Waals surface area (Å²) in [7, 11) is 0. The molecule has 2 rings (SSSR count). The van der Waals surface area contributed by atoms with Gasteiger partial charge in [0.05, 0.1) is 19.1 Å². The third-order valence-corrected chi connectivity index (χ3v) is 3.95. The fourth-order valence-electron chi connectivity index (χ4n) is 2.51. The van der Waals surface area contributed by atoms with Crippen molar-refractivity contribution in [2.75, 3.05) is 13.2 Å². The number of halogens is 3. The zero-order valence-corrected chi connectivity index (χ0v) is 8.89. The molecule has 94 valence electrons. The number of hydrogen-bond acceptors (Lipinski definition) is 3. The first-order valence-electron chi connectivity index (χ1n) is 5.43. The van der Waals surface area contributed by atoms with Crippen LogP contribution in [0.4, 0.5) is 13.2 Å². The van der Waals surface area contributed by atoms with E-state index in [1.807, 2.05) is 0 Å². The van der Waals surface area contributed by atoms with Crippen molar-refractivity contribution in [2.24, 2.45) is 11.7 Å². The normalized spacial score (nSPS) is 39.2. The Bertz CT molecular complexity index is 268. The molecular weight excluding hydrogens is 223 g/mol. The number of alkyl halides is 3. The molecule has 2 aliphatic rings. The van der Waals surface area contributed by atoms with Crippen LogP contribution in [-0.2, 0) is 4.74 Å². The zero-order valence-electron chi connectivity index (χ0n) is 8.89. The molecular formula is C10H16F3NO2. The number of aliphatic hydroxyl groups is 1. The van der Waals surface area contributed by atoms with E-state index in [9.17, 15) is 18.3 Å². The molecule has 2 fully saturated rings. The van der Waals surface area contributed by atoms with Gasteiger partial charge in [-0.05, 0) is 25.7 Å². The summed E-state index contributed by atoms with van der Waals surface area (Å²) in [6.07, 6.45) is -3.72. The predicted octanol–water partition coefficient (Wildman–Crippen LogP) is 1.20. The summed E-state index contributed by atoms with van der Waals surface area (Å²) in [6, 6.07) is 0. The van der Waals surface area contributed by atoms with Crippen LogP contribution in [0.3, 0.4) is 0 Å². The van der Waals surface area contributed by atoms with Gasteiger partial charge in [-0.2, -0.15) is 13.2 Å². The predicted molar refractivity (Wildman–Crippen MR) is 50.7 cm³/mol. The largest absolute Gasteiger partial charge is 0.391 e. The van der Waals surface area contributed by atoms with E-state index in [1.54, 1.807) is 0 Å². The van der Waals surface area contributed by atoms with Gasteiger partial charge < -0.3 is 15.6 Å². The number of rotatable bonds is 1. The molecule has 3 nitrogen and oxygen atoms in total. The van der Waals surface area contributed by atoms with Crippen molar-refractivity contribution in [3.8, 4) is 0 Å². The molecule has 1 saturated heterocycles. The van der Waals surface area contributed by atoms with E-state index in [4.69, 9.17) is 10.5 Å². The molecule has 1 aliphatic carbocycles. The lowest BCUT2D eigenvalue weighted by atomic mass is 9.67. The first kappa shape index (κ1) is 12.1. The molecule has 0 bridgehead atoms. The van der Waals surface area contributed by atoms with Crippen LogP contribution in [0.15, 0.2) is 0 Å². The molecule has 0 amide bonds. The molecule has 1 aliphatic heterocycles. The van der Waals surface area contributed by atoms with E-state index in [0.717, 1.165) is 0 Å². The van der Waals surface area contributed by atoms with Crippen LogP contribution in [0, 0.1) is 5.92 Å². The van der Waals surface area contributed by atoms with Crippen LogP contribution < -0.4 is 5.73 Å². The molecule has 0 radical (unpaired) electrons. The van der Waals surface area contributed by atoms with E-state index in [2.05, 4.69) is 0 Å². The fraction of sp³-hybridized carbons (Fsp3) is 1.00. The Balaban J connectivity index is 1.99. The van der Waals surface area contributed by atoms with Gasteiger partial charge in [0.1, 0.15) is 5.60 Å². The molecule has 0 aromatic heterocycles. The highest BCUT2D eigenvalue weighted by Gasteiger charge is 2.56. The third kappa shape index (κ3) is 1.83. The monoisotopic (exact) mass is 239 g/mol. The molecule has 0 spiro atoms. The molecule has 1 heterocycles. The summed E-state index contributed by atoms with van der Waals surface area (Å²) in [5.41, 5.74) is 3.98. The van der Waals surface area contributed by atoms with Crippen LogP contribution >= 0.6 is 0 Å². The average Bonchev–Trinajstić information content (AvgIpc) is 2.13. The maximum Gasteiger partial charge on any atom is 0.391 e. The van der Waals surface area contributed by atoms with Crippen molar-refractivity contribution in [3.05, 3.63) is 0 Å². The van der Waals surface area contributed by atoms with Crippen LogP contribution in [0.5, 0.6) is 0 Å². The van der Waals surface area contributed by atoms with E-state index in [-0.39, 0.29) is 38.9 Å². The highest BCUT2D eigenvalue weighted by Crippen LogP contribution is 2.45. The third-order valence-electron chi connectivity index (χ3n) is 3.95. The van der Waals surface area contributed by atoms with Crippen molar-refractivity contribution in [3.63, 3.8) is 0 Å². The van der Waals surface area contributed by atoms with Gasteiger partial charge in [-0.1, -0.05) is 0 Å². The number of nitrogens with two attached hydrogens (primary N) is 1. The van der Waals surface area contributed by atoms with Crippen LogP contribution in [0.25, 0.3) is 0 Å². The van der Waals surface area contributed by atoms with Gasteiger partial charge in [-0.15, -0.1) is 0 Å². The van der Waals surface area contributed by atoms with E-state index < -0.39 is 23.2 Å². The standard InChI is InChI=1S/C10H16F3NO2/c11-10(12,13)7-1-3-8(14,4-2-7)9(15)5-16-6-9/h7,15H,1-6,14H2. The molecule has 0 atom stereocenters. The Morgan fingerprint density at radius 3 is 2.00 bits per heavy atom. The Morgan fingerprint density at radius 1 is 1.19 bits per heavy atom. The molecule has 1 saturated carbocycles. The van der Waals surface area contributed by atoms with Crippen molar-refractivity contribution < 1.29 is 23.0 Å². The van der Waals surface area contributed by atoms with Gasteiger partial charge in [0.15, 0.2) is 0 Å². The maximum atomic E-state index is 12.5. The van der Waals surface area contributed by atoms with Crippen LogP contribution in [-0.4, -0.2) is 35.6 Å². The van der Waals surface area contributed by atoms with Gasteiger partial charge >= 0.3 is 6.18 Å². The van der Waals surface area contributed by atoms with Gasteiger partial charge in [-0.25, -0.2) is 0 Å². The Hall–Kier alpha value is -0.330. The summed E-state index contributed by atoms with van der Waals surface area (Å²) in [6.45, 7) is 0.278. The van der Waals surface area contributed by atoms with Crippen molar-refractivity contribution in [1.29, 1.82) is 0 Å². The topological polar surface area (TPSA) is 55.5 Å². The lowest BCUT2D eigenvalue weighted by Gasteiger charge is -2.52. The highest BCUT2D eigenvalue weighted by atomic mass is 19.4. The Kier molecular flexibility index (Phi) is 2.72. The first-order valence-corrected chi connectivity index (χ1v) is 5.43. The quantitative estimate of drug-likeness (QED) is 0.723. The minimum Gasteiger partial charge on any atom is -0.383 e.